The predicted octanol–water partition coefficient (Wildman–Crippen LogP) is 19.8. The Morgan fingerprint density at radius 3 is 0.903 bits per heavy atom. The van der Waals surface area contributed by atoms with Gasteiger partial charge in [-0.2, -0.15) is 0 Å². The Kier molecular flexibility index (Phi) is 14.1. The van der Waals surface area contributed by atoms with Crippen molar-refractivity contribution in [2.45, 2.75) is 27.7 Å². The van der Waals surface area contributed by atoms with Crippen LogP contribution in [0.5, 0.6) is 0 Å². The summed E-state index contributed by atoms with van der Waals surface area (Å²) in [6, 6.07) is 93.5. The molecule has 0 aliphatic carbocycles. The normalized spacial score (nSPS) is 11.0. The smallest absolute Gasteiger partial charge is 0.0462 e. The lowest BCUT2D eigenvalue weighted by atomic mass is 10.0. The third-order valence-corrected chi connectivity index (χ3v) is 13.2. The molecule has 0 heterocycles. The molecule has 0 amide bonds. The lowest BCUT2D eigenvalue weighted by molar-refractivity contribution is 1.28. The second kappa shape index (κ2) is 21.8. The van der Waals surface area contributed by atoms with Crippen molar-refractivity contribution in [1.29, 1.82) is 0 Å². The lowest BCUT2D eigenvalue weighted by Gasteiger charge is -2.26. The molecule has 0 radical (unpaired) electrons. The minimum atomic E-state index is 1.09. The molecule has 1 N–H and O–H groups in total. The van der Waals surface area contributed by atoms with Crippen LogP contribution in [0.15, 0.2) is 261 Å². The molecule has 348 valence electrons. The van der Waals surface area contributed by atoms with Crippen molar-refractivity contribution in [1.82, 2.24) is 0 Å². The minimum Gasteiger partial charge on any atom is -0.356 e. The Hall–Kier alpha value is -8.98. The number of hydrogen-bond donors (Lipinski definition) is 1. The summed E-state index contributed by atoms with van der Waals surface area (Å²) in [7, 11) is 0. The van der Waals surface area contributed by atoms with E-state index in [0.29, 0.717) is 0 Å². The second-order valence-corrected chi connectivity index (χ2v) is 18.7. The highest BCUT2D eigenvalue weighted by Crippen LogP contribution is 2.37. The summed E-state index contributed by atoms with van der Waals surface area (Å²) in [4.78, 5) is 2.33. The average Bonchev–Trinajstić information content (AvgIpc) is 3.43. The van der Waals surface area contributed by atoms with Gasteiger partial charge in [-0.15, -0.1) is 0 Å². The van der Waals surface area contributed by atoms with E-state index < -0.39 is 0 Å². The number of rotatable bonds is 11. The summed E-state index contributed by atoms with van der Waals surface area (Å²) < 4.78 is 0. The van der Waals surface area contributed by atoms with Gasteiger partial charge >= 0.3 is 0 Å². The van der Waals surface area contributed by atoms with Crippen molar-refractivity contribution in [3.8, 4) is 44.5 Å². The van der Waals surface area contributed by atoms with E-state index >= 15 is 0 Å². The molecule has 0 saturated carbocycles. The summed E-state index contributed by atoms with van der Waals surface area (Å²) in [5.41, 5.74) is 22.8. The number of hydrogen-bond acceptors (Lipinski definition) is 2. The number of benzene rings is 11. The zero-order valence-electron chi connectivity index (χ0n) is 41.4. The van der Waals surface area contributed by atoms with E-state index in [1.165, 1.54) is 83.1 Å². The molecule has 11 aromatic carbocycles. The highest BCUT2D eigenvalue weighted by molar-refractivity contribution is 5.86. The number of nitrogens with zero attached hydrogens (tertiary/aromatic N) is 1. The molecule has 2 nitrogen and oxygen atoms in total. The lowest BCUT2D eigenvalue weighted by Crippen LogP contribution is -2.09. The van der Waals surface area contributed by atoms with Gasteiger partial charge in [-0.25, -0.2) is 0 Å². The maximum Gasteiger partial charge on any atom is 0.0462 e. The Morgan fingerprint density at radius 1 is 0.264 bits per heavy atom. The summed E-state index contributed by atoms with van der Waals surface area (Å²) in [6.07, 6.45) is 4.37. The zero-order chi connectivity index (χ0) is 49.2. The van der Waals surface area contributed by atoms with E-state index in [1.54, 1.807) is 0 Å². The molecule has 0 aliphatic heterocycles. The third-order valence-electron chi connectivity index (χ3n) is 13.2. The Bertz CT molecular complexity index is 3360. The van der Waals surface area contributed by atoms with Gasteiger partial charge in [0.15, 0.2) is 0 Å². The van der Waals surface area contributed by atoms with E-state index in [9.17, 15) is 0 Å². The first kappa shape index (κ1) is 46.7. The molecular formula is C70H58N2. The van der Waals surface area contributed by atoms with Crippen molar-refractivity contribution in [2.24, 2.45) is 0 Å². The van der Waals surface area contributed by atoms with Gasteiger partial charge in [-0.3, -0.25) is 0 Å². The summed E-state index contributed by atoms with van der Waals surface area (Å²) in [5.74, 6) is 0. The Balaban J connectivity index is 0.000000188. The number of aryl methyl sites for hydroxylation is 4. The molecule has 0 saturated heterocycles. The van der Waals surface area contributed by atoms with Crippen LogP contribution in [0, 0.1) is 27.7 Å². The van der Waals surface area contributed by atoms with E-state index in [4.69, 9.17) is 0 Å². The molecule has 0 aromatic heterocycles. The Labute approximate surface area is 425 Å². The first-order chi connectivity index (χ1) is 35.3. The fraction of sp³-hybridized carbons (Fsp3) is 0.0571. The monoisotopic (exact) mass is 926 g/mol. The Morgan fingerprint density at radius 2 is 0.542 bits per heavy atom. The summed E-state index contributed by atoms with van der Waals surface area (Å²) in [5, 5.41) is 6.00. The number of anilines is 5. The van der Waals surface area contributed by atoms with Gasteiger partial charge in [0, 0.05) is 28.4 Å². The van der Waals surface area contributed by atoms with E-state index in [0.717, 1.165) is 34.0 Å². The molecule has 0 aliphatic rings. The first-order valence-electron chi connectivity index (χ1n) is 24.8. The van der Waals surface area contributed by atoms with Gasteiger partial charge in [0.2, 0.25) is 0 Å². The molecule has 72 heavy (non-hydrogen) atoms. The van der Waals surface area contributed by atoms with Crippen molar-refractivity contribution in [2.75, 3.05) is 10.2 Å². The third kappa shape index (κ3) is 11.5. The summed E-state index contributed by atoms with van der Waals surface area (Å²) >= 11 is 0. The predicted molar refractivity (Wildman–Crippen MR) is 311 cm³/mol. The molecule has 0 spiro atoms. The number of nitrogens with one attached hydrogen (secondary N) is 1. The number of fused-ring (bicyclic) bond motifs is 1. The van der Waals surface area contributed by atoms with Crippen LogP contribution in [0.1, 0.15) is 33.4 Å². The fourth-order valence-corrected chi connectivity index (χ4v) is 8.93. The van der Waals surface area contributed by atoms with Crippen LogP contribution in [-0.4, -0.2) is 0 Å². The van der Waals surface area contributed by atoms with Gasteiger partial charge in [-0.1, -0.05) is 229 Å². The zero-order valence-corrected chi connectivity index (χ0v) is 41.4. The molecule has 11 rings (SSSR count). The SMILES string of the molecule is Cc1ccc(-c2ccc(N(c3ccc(/C=C/c4ccc5ccccc5c4)cc3)c3ccc(-c4ccc(C)cc4)cc3)cc2)cc1.Cc1ccc(-c2ccc(Nc3ccc(-c4ccc(C)cc4)cc3)cc2)cc1. The van der Waals surface area contributed by atoms with Gasteiger partial charge in [0.1, 0.15) is 0 Å². The van der Waals surface area contributed by atoms with E-state index in [1.807, 2.05) is 0 Å². The molecule has 2 heteroatoms. The van der Waals surface area contributed by atoms with Gasteiger partial charge in [-0.05, 0) is 161 Å². The molecule has 11 aromatic rings. The van der Waals surface area contributed by atoms with Crippen LogP contribution in [0.4, 0.5) is 28.4 Å². The quantitative estimate of drug-likeness (QED) is 0.130. The first-order valence-corrected chi connectivity index (χ1v) is 24.8. The maximum absolute atomic E-state index is 3.48. The van der Waals surface area contributed by atoms with Gasteiger partial charge < -0.3 is 10.2 Å². The molecule has 0 fully saturated rings. The van der Waals surface area contributed by atoms with E-state index in [2.05, 4.69) is 311 Å². The molecule has 0 atom stereocenters. The maximum atomic E-state index is 3.48. The highest BCUT2D eigenvalue weighted by atomic mass is 15.1. The molecular weight excluding hydrogens is 869 g/mol. The van der Waals surface area contributed by atoms with Crippen molar-refractivity contribution in [3.05, 3.63) is 294 Å². The van der Waals surface area contributed by atoms with Crippen LogP contribution in [-0.2, 0) is 0 Å². The largest absolute Gasteiger partial charge is 0.356 e. The van der Waals surface area contributed by atoms with Crippen molar-refractivity contribution < 1.29 is 0 Å². The summed E-state index contributed by atoms with van der Waals surface area (Å²) in [6.45, 7) is 8.47. The van der Waals surface area contributed by atoms with Crippen LogP contribution >= 0.6 is 0 Å². The van der Waals surface area contributed by atoms with Crippen molar-refractivity contribution >= 4 is 51.4 Å². The van der Waals surface area contributed by atoms with Crippen LogP contribution < -0.4 is 10.2 Å². The fourth-order valence-electron chi connectivity index (χ4n) is 8.93. The highest BCUT2D eigenvalue weighted by Gasteiger charge is 2.14. The standard InChI is InChI=1S/C44H35N.C26H23N/c1-32-7-16-37(17-8-32)39-21-27-43(28-22-39)45(44-29-23-40(24-30-44)38-18-9-33(2)10-19-38)42-25-14-34(15-26-42)11-12-35-13-20-36-5-3-4-6-41(36)31-35;1-19-3-7-21(8-4-19)23-11-15-25(16-12-23)27-26-17-13-24(14-18-26)22-9-5-20(2)6-10-22/h3-31H,1-2H3;3-18,27H,1-2H3/b12-11+;. The second-order valence-electron chi connectivity index (χ2n) is 18.7. The molecule has 0 bridgehead atoms. The van der Waals surface area contributed by atoms with Gasteiger partial charge in [0.25, 0.3) is 0 Å². The average molecular weight is 927 g/mol. The van der Waals surface area contributed by atoms with Crippen molar-refractivity contribution in [3.63, 3.8) is 0 Å². The van der Waals surface area contributed by atoms with Crippen LogP contribution in [0.25, 0.3) is 67.4 Å². The van der Waals surface area contributed by atoms with E-state index in [-0.39, 0.29) is 0 Å². The topological polar surface area (TPSA) is 15.3 Å². The minimum absolute atomic E-state index is 1.09. The van der Waals surface area contributed by atoms with Crippen LogP contribution in [0.3, 0.4) is 0 Å². The van der Waals surface area contributed by atoms with Crippen LogP contribution in [0.2, 0.25) is 0 Å². The van der Waals surface area contributed by atoms with Gasteiger partial charge in [0.05, 0.1) is 0 Å². The molecule has 0 unspecified atom stereocenters.